The van der Waals surface area contributed by atoms with E-state index in [9.17, 15) is 9.50 Å². The second-order valence-corrected chi connectivity index (χ2v) is 6.36. The number of halogens is 1. The normalized spacial score (nSPS) is 17.6. The van der Waals surface area contributed by atoms with Gasteiger partial charge in [0, 0.05) is 12.5 Å². The highest BCUT2D eigenvalue weighted by Gasteiger charge is 2.27. The molecule has 0 aliphatic carbocycles. The second kappa shape index (κ2) is 7.77. The van der Waals surface area contributed by atoms with Crippen molar-refractivity contribution in [1.82, 2.24) is 4.90 Å². The van der Waals surface area contributed by atoms with Crippen molar-refractivity contribution in [1.29, 1.82) is 0 Å². The lowest BCUT2D eigenvalue weighted by atomic mass is 9.88. The number of hydrogen-bond acceptors (Lipinski definition) is 3. The molecule has 4 heteroatoms. The van der Waals surface area contributed by atoms with Crippen molar-refractivity contribution < 1.29 is 14.2 Å². The van der Waals surface area contributed by atoms with Crippen molar-refractivity contribution in [2.45, 2.75) is 24.9 Å². The maximum absolute atomic E-state index is 14.0. The van der Waals surface area contributed by atoms with Crippen LogP contribution in [0.3, 0.4) is 0 Å². The average molecular weight is 329 g/mol. The van der Waals surface area contributed by atoms with E-state index in [1.165, 1.54) is 26.0 Å². The van der Waals surface area contributed by atoms with Gasteiger partial charge >= 0.3 is 0 Å². The van der Waals surface area contributed by atoms with Gasteiger partial charge in [0.2, 0.25) is 0 Å². The number of benzene rings is 2. The smallest absolute Gasteiger partial charge is 0.165 e. The minimum absolute atomic E-state index is 0.0860. The summed E-state index contributed by atoms with van der Waals surface area (Å²) in [7, 11) is 1.44. The second-order valence-electron chi connectivity index (χ2n) is 6.36. The number of aliphatic hydroxyl groups is 1. The fourth-order valence-electron chi connectivity index (χ4n) is 3.43. The van der Waals surface area contributed by atoms with Crippen LogP contribution < -0.4 is 4.74 Å². The molecule has 3 nitrogen and oxygen atoms in total. The first-order valence-electron chi connectivity index (χ1n) is 8.48. The molecule has 0 unspecified atom stereocenters. The molecule has 128 valence electrons. The lowest BCUT2D eigenvalue weighted by Crippen LogP contribution is -2.29. The Hall–Kier alpha value is -1.91. The lowest BCUT2D eigenvalue weighted by Gasteiger charge is -2.28. The van der Waals surface area contributed by atoms with Crippen LogP contribution in [0, 0.1) is 5.82 Å². The summed E-state index contributed by atoms with van der Waals surface area (Å²) in [5, 5.41) is 10.9. The van der Waals surface area contributed by atoms with E-state index >= 15 is 0 Å². The lowest BCUT2D eigenvalue weighted by molar-refractivity contribution is 0.122. The van der Waals surface area contributed by atoms with Crippen molar-refractivity contribution in [2.75, 3.05) is 26.7 Å². The van der Waals surface area contributed by atoms with Crippen LogP contribution >= 0.6 is 0 Å². The molecule has 24 heavy (non-hydrogen) atoms. The topological polar surface area (TPSA) is 32.7 Å². The van der Waals surface area contributed by atoms with Gasteiger partial charge in [-0.05, 0) is 49.2 Å². The third kappa shape index (κ3) is 3.77. The molecule has 0 aromatic heterocycles. The fraction of sp³-hybridized carbons (Fsp3) is 0.400. The summed E-state index contributed by atoms with van der Waals surface area (Å²) in [5.41, 5.74) is 1.66. The average Bonchev–Trinajstić information content (AvgIpc) is 3.13. The Labute approximate surface area is 142 Å². The largest absolute Gasteiger partial charge is 0.494 e. The highest BCUT2D eigenvalue weighted by Crippen LogP contribution is 2.34. The van der Waals surface area contributed by atoms with Gasteiger partial charge in [-0.1, -0.05) is 36.4 Å². The zero-order chi connectivity index (χ0) is 16.9. The van der Waals surface area contributed by atoms with Gasteiger partial charge in [0.1, 0.15) is 0 Å². The van der Waals surface area contributed by atoms with Crippen LogP contribution in [0.15, 0.2) is 48.5 Å². The molecule has 3 rings (SSSR count). The number of ether oxygens (including phenoxy) is 1. The van der Waals surface area contributed by atoms with Crippen LogP contribution in [-0.4, -0.2) is 36.8 Å². The number of methoxy groups -OCH3 is 1. The molecular formula is C20H24FNO2. The predicted octanol–water partition coefficient (Wildman–Crippen LogP) is 3.75. The summed E-state index contributed by atoms with van der Waals surface area (Å²) in [6, 6.07) is 14.7. The van der Waals surface area contributed by atoms with Gasteiger partial charge in [0.15, 0.2) is 11.6 Å². The standard InChI is InChI=1S/C20H24FNO2/c1-24-19-10-9-16(13-18(19)21)20(23)17(14-22-11-5-6-12-22)15-7-3-2-4-8-15/h2-4,7-10,13,17,20,23H,5-6,11-12,14H2,1H3/t17-,20-/m0/s1. The van der Waals surface area contributed by atoms with Crippen molar-refractivity contribution >= 4 is 0 Å². The molecule has 1 N–H and O–H groups in total. The Balaban J connectivity index is 1.87. The molecule has 1 saturated heterocycles. The van der Waals surface area contributed by atoms with Crippen molar-refractivity contribution in [3.05, 3.63) is 65.5 Å². The van der Waals surface area contributed by atoms with E-state index in [1.54, 1.807) is 12.1 Å². The Kier molecular flexibility index (Phi) is 5.48. The van der Waals surface area contributed by atoms with Gasteiger partial charge in [-0.25, -0.2) is 4.39 Å². The summed E-state index contributed by atoms with van der Waals surface area (Å²) in [6.45, 7) is 2.90. The van der Waals surface area contributed by atoms with E-state index in [4.69, 9.17) is 4.74 Å². The number of rotatable bonds is 6. The summed E-state index contributed by atoms with van der Waals surface area (Å²) in [5.74, 6) is -0.333. The highest BCUT2D eigenvalue weighted by atomic mass is 19.1. The maximum atomic E-state index is 14.0. The molecule has 0 saturated carbocycles. The summed E-state index contributed by atoms with van der Waals surface area (Å²) in [6.07, 6.45) is 1.65. The summed E-state index contributed by atoms with van der Waals surface area (Å²) >= 11 is 0. The zero-order valence-corrected chi connectivity index (χ0v) is 14.0. The zero-order valence-electron chi connectivity index (χ0n) is 14.0. The third-order valence-electron chi connectivity index (χ3n) is 4.78. The van der Waals surface area contributed by atoms with Crippen molar-refractivity contribution in [3.63, 3.8) is 0 Å². The maximum Gasteiger partial charge on any atom is 0.165 e. The predicted molar refractivity (Wildman–Crippen MR) is 92.8 cm³/mol. The quantitative estimate of drug-likeness (QED) is 0.876. The molecule has 1 aliphatic heterocycles. The first-order valence-corrected chi connectivity index (χ1v) is 8.48. The molecule has 2 aromatic rings. The van der Waals surface area contributed by atoms with Crippen LogP contribution in [0.5, 0.6) is 5.75 Å². The monoisotopic (exact) mass is 329 g/mol. The Morgan fingerprint density at radius 1 is 1.08 bits per heavy atom. The summed E-state index contributed by atoms with van der Waals surface area (Å²) < 4.78 is 19.0. The van der Waals surface area contributed by atoms with Gasteiger partial charge in [0.25, 0.3) is 0 Å². The summed E-state index contributed by atoms with van der Waals surface area (Å²) in [4.78, 5) is 2.38. The molecule has 0 amide bonds. The Morgan fingerprint density at radius 3 is 2.42 bits per heavy atom. The number of nitrogens with zero attached hydrogens (tertiary/aromatic N) is 1. The van der Waals surface area contributed by atoms with Crippen LogP contribution in [0.4, 0.5) is 4.39 Å². The molecule has 1 heterocycles. The minimum Gasteiger partial charge on any atom is -0.494 e. The van der Waals surface area contributed by atoms with E-state index in [0.717, 1.165) is 25.2 Å². The van der Waals surface area contributed by atoms with E-state index in [1.807, 2.05) is 30.3 Å². The number of aliphatic hydroxyl groups excluding tert-OH is 1. The first kappa shape index (κ1) is 16.9. The van der Waals surface area contributed by atoms with Gasteiger partial charge in [0.05, 0.1) is 13.2 Å². The van der Waals surface area contributed by atoms with Crippen LogP contribution in [0.25, 0.3) is 0 Å². The van der Waals surface area contributed by atoms with Crippen molar-refractivity contribution in [2.24, 2.45) is 0 Å². The fourth-order valence-corrected chi connectivity index (χ4v) is 3.43. The van der Waals surface area contributed by atoms with Crippen LogP contribution in [-0.2, 0) is 0 Å². The molecule has 2 aromatic carbocycles. The van der Waals surface area contributed by atoms with E-state index in [2.05, 4.69) is 4.90 Å². The molecular weight excluding hydrogens is 305 g/mol. The Bertz CT molecular complexity index is 656. The molecule has 2 atom stereocenters. The van der Waals surface area contributed by atoms with Crippen molar-refractivity contribution in [3.8, 4) is 5.75 Å². The Morgan fingerprint density at radius 2 is 1.79 bits per heavy atom. The SMILES string of the molecule is COc1ccc([C@H](O)[C@@H](CN2CCCC2)c2ccccc2)cc1F. The molecule has 1 aliphatic rings. The van der Waals surface area contributed by atoms with Gasteiger partial charge in [-0.2, -0.15) is 0 Å². The molecule has 1 fully saturated rings. The highest BCUT2D eigenvalue weighted by molar-refractivity contribution is 5.33. The molecule has 0 radical (unpaired) electrons. The van der Waals surface area contributed by atoms with E-state index in [0.29, 0.717) is 5.56 Å². The van der Waals surface area contributed by atoms with Gasteiger partial charge in [-0.3, -0.25) is 0 Å². The first-order chi connectivity index (χ1) is 11.7. The molecule has 0 bridgehead atoms. The van der Waals surface area contributed by atoms with Crippen LogP contribution in [0.2, 0.25) is 0 Å². The third-order valence-corrected chi connectivity index (χ3v) is 4.78. The minimum atomic E-state index is -0.756. The molecule has 0 spiro atoms. The number of likely N-dealkylation sites (tertiary alicyclic amines) is 1. The van der Waals surface area contributed by atoms with E-state index in [-0.39, 0.29) is 11.7 Å². The van der Waals surface area contributed by atoms with E-state index < -0.39 is 11.9 Å². The van der Waals surface area contributed by atoms with Crippen LogP contribution in [0.1, 0.15) is 36.0 Å². The van der Waals surface area contributed by atoms with Gasteiger partial charge in [-0.15, -0.1) is 0 Å². The number of hydrogen-bond donors (Lipinski definition) is 1. The van der Waals surface area contributed by atoms with Gasteiger partial charge < -0.3 is 14.7 Å².